The van der Waals surface area contributed by atoms with Crippen molar-refractivity contribution in [3.63, 3.8) is 0 Å². The third-order valence-electron chi connectivity index (χ3n) is 5.18. The van der Waals surface area contributed by atoms with Gasteiger partial charge in [-0.3, -0.25) is 9.59 Å². The van der Waals surface area contributed by atoms with Gasteiger partial charge in [-0.05, 0) is 6.07 Å². The van der Waals surface area contributed by atoms with E-state index in [-0.39, 0.29) is 18.9 Å². The zero-order valence-corrected chi connectivity index (χ0v) is 18.4. The third-order valence-corrected chi connectivity index (χ3v) is 5.18. The van der Waals surface area contributed by atoms with Crippen LogP contribution in [0.15, 0.2) is 24.3 Å². The van der Waals surface area contributed by atoms with E-state index in [0.29, 0.717) is 29.0 Å². The summed E-state index contributed by atoms with van der Waals surface area (Å²) in [6, 6.07) is 4.47. The van der Waals surface area contributed by atoms with Gasteiger partial charge < -0.3 is 29.2 Å². The second kappa shape index (κ2) is 9.72. The monoisotopic (exact) mass is 464 g/mol. The number of hydrogen-bond donors (Lipinski definition) is 1. The number of ether oxygens (including phenoxy) is 4. The number of carbonyl (C=O) groups is 3. The Morgan fingerprint density at radius 1 is 0.970 bits per heavy atom. The van der Waals surface area contributed by atoms with E-state index in [1.807, 2.05) is 0 Å². The molecule has 2 amide bonds. The smallest absolute Gasteiger partial charge is 0.340 e. The van der Waals surface area contributed by atoms with Crippen LogP contribution >= 0.6 is 0 Å². The number of nitrogens with one attached hydrogen (secondary N) is 1. The first-order chi connectivity index (χ1) is 15.7. The maximum Gasteiger partial charge on any atom is 0.340 e. The van der Waals surface area contributed by atoms with Crippen molar-refractivity contribution >= 4 is 29.2 Å². The van der Waals surface area contributed by atoms with Gasteiger partial charge in [0, 0.05) is 31.2 Å². The van der Waals surface area contributed by atoms with Crippen LogP contribution in [0.3, 0.4) is 0 Å². The normalized spacial score (nSPS) is 15.3. The molecule has 0 spiro atoms. The van der Waals surface area contributed by atoms with Crippen molar-refractivity contribution in [3.8, 4) is 17.2 Å². The summed E-state index contributed by atoms with van der Waals surface area (Å²) in [5.74, 6) is -4.05. The molecular formula is C22H22F2N2O7. The molecule has 11 heteroatoms. The fraction of sp³-hybridized carbons (Fsp3) is 0.318. The van der Waals surface area contributed by atoms with Gasteiger partial charge in [-0.15, -0.1) is 0 Å². The first-order valence-electron chi connectivity index (χ1n) is 9.72. The Morgan fingerprint density at radius 2 is 1.61 bits per heavy atom. The lowest BCUT2D eigenvalue weighted by molar-refractivity contribution is -0.122. The van der Waals surface area contributed by atoms with E-state index in [2.05, 4.69) is 10.1 Å². The Balaban J connectivity index is 1.82. The van der Waals surface area contributed by atoms with Gasteiger partial charge in [0.2, 0.25) is 17.6 Å². The maximum absolute atomic E-state index is 14.2. The lowest BCUT2D eigenvalue weighted by atomic mass is 10.1. The van der Waals surface area contributed by atoms with Crippen molar-refractivity contribution in [1.29, 1.82) is 0 Å². The van der Waals surface area contributed by atoms with Gasteiger partial charge in [0.25, 0.3) is 0 Å². The summed E-state index contributed by atoms with van der Waals surface area (Å²) in [5.41, 5.74) is -0.512. The van der Waals surface area contributed by atoms with Crippen molar-refractivity contribution in [2.24, 2.45) is 5.92 Å². The molecular weight excluding hydrogens is 442 g/mol. The average molecular weight is 464 g/mol. The van der Waals surface area contributed by atoms with Crippen LogP contribution in [0, 0.1) is 17.6 Å². The zero-order chi connectivity index (χ0) is 24.3. The summed E-state index contributed by atoms with van der Waals surface area (Å²) in [7, 11) is 5.36. The molecule has 1 heterocycles. The molecule has 1 aliphatic rings. The van der Waals surface area contributed by atoms with E-state index < -0.39 is 40.7 Å². The molecule has 1 atom stereocenters. The number of carbonyl (C=O) groups excluding carboxylic acids is 3. The number of esters is 1. The van der Waals surface area contributed by atoms with Crippen molar-refractivity contribution < 1.29 is 42.1 Å². The van der Waals surface area contributed by atoms with E-state index in [1.54, 1.807) is 12.1 Å². The summed E-state index contributed by atoms with van der Waals surface area (Å²) in [6.45, 7) is -0.00399. The van der Waals surface area contributed by atoms with Gasteiger partial charge in [-0.1, -0.05) is 0 Å². The van der Waals surface area contributed by atoms with Gasteiger partial charge in [0.1, 0.15) is 11.6 Å². The molecule has 0 aromatic heterocycles. The number of nitrogens with zero attached hydrogens (tertiary/aromatic N) is 1. The first-order valence-corrected chi connectivity index (χ1v) is 9.72. The number of amides is 2. The summed E-state index contributed by atoms with van der Waals surface area (Å²) in [4.78, 5) is 38.4. The van der Waals surface area contributed by atoms with Crippen LogP contribution < -0.4 is 24.4 Å². The van der Waals surface area contributed by atoms with E-state index in [9.17, 15) is 23.2 Å². The quantitative estimate of drug-likeness (QED) is 0.629. The predicted molar refractivity (Wildman–Crippen MR) is 113 cm³/mol. The van der Waals surface area contributed by atoms with Gasteiger partial charge in [-0.25, -0.2) is 13.6 Å². The summed E-state index contributed by atoms with van der Waals surface area (Å²) >= 11 is 0. The summed E-state index contributed by atoms with van der Waals surface area (Å²) in [5, 5.41) is 2.32. The highest BCUT2D eigenvalue weighted by Gasteiger charge is 2.36. The Bertz CT molecular complexity index is 1080. The molecule has 1 saturated heterocycles. The molecule has 2 aromatic rings. The second-order valence-corrected chi connectivity index (χ2v) is 7.08. The highest BCUT2D eigenvalue weighted by atomic mass is 19.1. The van der Waals surface area contributed by atoms with Crippen LogP contribution in [0.4, 0.5) is 20.2 Å². The molecule has 176 valence electrons. The summed E-state index contributed by atoms with van der Waals surface area (Å²) < 4.78 is 48.3. The van der Waals surface area contributed by atoms with Gasteiger partial charge in [0.15, 0.2) is 11.5 Å². The zero-order valence-electron chi connectivity index (χ0n) is 18.4. The van der Waals surface area contributed by atoms with E-state index in [0.717, 1.165) is 13.2 Å². The fourth-order valence-electron chi connectivity index (χ4n) is 3.50. The van der Waals surface area contributed by atoms with E-state index in [4.69, 9.17) is 14.2 Å². The molecule has 0 aliphatic carbocycles. The molecule has 1 fully saturated rings. The molecule has 0 radical (unpaired) electrons. The lowest BCUT2D eigenvalue weighted by Gasteiger charge is -2.20. The van der Waals surface area contributed by atoms with Crippen LogP contribution in [-0.2, 0) is 14.3 Å². The molecule has 9 nitrogen and oxygen atoms in total. The van der Waals surface area contributed by atoms with E-state index >= 15 is 0 Å². The van der Waals surface area contributed by atoms with Crippen LogP contribution in [0.5, 0.6) is 17.2 Å². The lowest BCUT2D eigenvalue weighted by Crippen LogP contribution is -2.28. The highest BCUT2D eigenvalue weighted by molar-refractivity contribution is 6.04. The molecule has 1 N–H and O–H groups in total. The van der Waals surface area contributed by atoms with Crippen LogP contribution in [0.25, 0.3) is 0 Å². The van der Waals surface area contributed by atoms with Gasteiger partial charge in [-0.2, -0.15) is 0 Å². The molecule has 33 heavy (non-hydrogen) atoms. The predicted octanol–water partition coefficient (Wildman–Crippen LogP) is 2.77. The second-order valence-electron chi connectivity index (χ2n) is 7.08. The molecule has 1 unspecified atom stereocenters. The number of methoxy groups -OCH3 is 4. The van der Waals surface area contributed by atoms with Gasteiger partial charge in [0.05, 0.1) is 51.3 Å². The molecule has 3 rings (SSSR count). The van der Waals surface area contributed by atoms with Gasteiger partial charge >= 0.3 is 5.97 Å². The number of benzene rings is 2. The third kappa shape index (κ3) is 4.66. The van der Waals surface area contributed by atoms with E-state index in [1.165, 1.54) is 26.2 Å². The number of halogens is 2. The minimum Gasteiger partial charge on any atom is -0.493 e. The highest BCUT2D eigenvalue weighted by Crippen LogP contribution is 2.42. The van der Waals surface area contributed by atoms with Crippen molar-refractivity contribution in [2.75, 3.05) is 45.2 Å². The minimum atomic E-state index is -1.12. The van der Waals surface area contributed by atoms with Crippen molar-refractivity contribution in [2.45, 2.75) is 6.42 Å². The number of rotatable bonds is 7. The molecule has 1 aliphatic heterocycles. The summed E-state index contributed by atoms with van der Waals surface area (Å²) in [6.07, 6.45) is -0.144. The Hall–Kier alpha value is -3.89. The topological polar surface area (TPSA) is 103 Å². The fourth-order valence-corrected chi connectivity index (χ4v) is 3.50. The maximum atomic E-state index is 14.2. The Morgan fingerprint density at radius 3 is 2.15 bits per heavy atom. The standard InChI is InChI=1S/C22H22F2N2O7/c1-30-17-6-12(7-18(31-2)20(17)32-3)26-10-11(5-19(26)27)21(28)25-16-8-13(22(29)33-4)14(23)9-15(16)24/h6-9,11H,5,10H2,1-4H3,(H,25,28). The van der Waals surface area contributed by atoms with Crippen LogP contribution in [0.1, 0.15) is 16.8 Å². The molecule has 2 aromatic carbocycles. The average Bonchev–Trinajstić information content (AvgIpc) is 3.20. The largest absolute Gasteiger partial charge is 0.493 e. The number of anilines is 2. The SMILES string of the molecule is COC(=O)c1cc(NC(=O)C2CC(=O)N(c3cc(OC)c(OC)c(OC)c3)C2)c(F)cc1F. The molecule has 0 saturated carbocycles. The molecule has 0 bridgehead atoms. The Kier molecular flexibility index (Phi) is 7.00. The minimum absolute atomic E-state index is 0.00399. The van der Waals surface area contributed by atoms with Crippen LogP contribution in [0.2, 0.25) is 0 Å². The Labute approximate surface area is 188 Å². The van der Waals surface area contributed by atoms with Crippen molar-refractivity contribution in [1.82, 2.24) is 0 Å². The van der Waals surface area contributed by atoms with Crippen molar-refractivity contribution in [3.05, 3.63) is 41.5 Å². The number of hydrogen-bond acceptors (Lipinski definition) is 7. The first kappa shape index (κ1) is 23.8. The van der Waals surface area contributed by atoms with Crippen LogP contribution in [-0.4, -0.2) is 52.8 Å².